The second kappa shape index (κ2) is 13.3. The topological polar surface area (TPSA) is 90.0 Å². The highest BCUT2D eigenvalue weighted by Crippen LogP contribution is 2.25. The number of rotatable bonds is 12. The molecule has 2 aromatic carbocycles. The number of hydrogen-bond donors (Lipinski definition) is 1. The summed E-state index contributed by atoms with van der Waals surface area (Å²) in [7, 11) is -1.20. The summed E-state index contributed by atoms with van der Waals surface area (Å²) in [6.45, 7) is 5.77. The number of amides is 2. The third-order valence-corrected chi connectivity index (χ3v) is 8.03. The van der Waals surface area contributed by atoms with Crippen molar-refractivity contribution in [2.75, 3.05) is 31.5 Å². The SMILES string of the molecule is CC[C@H](C(=O)NCC(C)C)N(Cc1ccc(Cl)c(Cl)c1)C(=O)CN(c1ccccc1)S(=O)(=O)N(C)C. The second-order valence-corrected chi connectivity index (χ2v) is 11.8. The molecule has 1 atom stereocenters. The summed E-state index contributed by atoms with van der Waals surface area (Å²) in [5.74, 6) is -0.604. The quantitative estimate of drug-likeness (QED) is 0.424. The number of nitrogens with one attached hydrogen (secondary N) is 1. The van der Waals surface area contributed by atoms with Gasteiger partial charge >= 0.3 is 10.2 Å². The maximum Gasteiger partial charge on any atom is 0.304 e. The van der Waals surface area contributed by atoms with Gasteiger partial charge < -0.3 is 10.2 Å². The van der Waals surface area contributed by atoms with Gasteiger partial charge in [0, 0.05) is 27.2 Å². The smallest absolute Gasteiger partial charge is 0.304 e. The van der Waals surface area contributed by atoms with Gasteiger partial charge in [0.25, 0.3) is 0 Å². The molecule has 0 heterocycles. The van der Waals surface area contributed by atoms with E-state index < -0.39 is 28.7 Å². The zero-order chi connectivity index (χ0) is 27.0. The summed E-state index contributed by atoms with van der Waals surface area (Å²) in [6.07, 6.45) is 0.336. The molecule has 8 nitrogen and oxygen atoms in total. The molecule has 1 N–H and O–H groups in total. The van der Waals surface area contributed by atoms with Crippen LogP contribution in [-0.4, -0.2) is 62.7 Å². The maximum absolute atomic E-state index is 13.8. The van der Waals surface area contributed by atoms with Gasteiger partial charge in [0.2, 0.25) is 11.8 Å². The zero-order valence-corrected chi connectivity index (χ0v) is 23.6. The van der Waals surface area contributed by atoms with Crippen LogP contribution in [0.25, 0.3) is 0 Å². The number of halogens is 2. The van der Waals surface area contributed by atoms with Gasteiger partial charge in [0.05, 0.1) is 15.7 Å². The Bertz CT molecular complexity index is 1140. The molecule has 0 fully saturated rings. The van der Waals surface area contributed by atoms with Gasteiger partial charge in [-0.1, -0.05) is 68.2 Å². The molecule has 0 aliphatic rings. The molecule has 0 aromatic heterocycles. The molecule has 0 unspecified atom stereocenters. The van der Waals surface area contributed by atoms with Gasteiger partial charge in [-0.3, -0.25) is 9.59 Å². The lowest BCUT2D eigenvalue weighted by Gasteiger charge is -2.34. The average molecular weight is 558 g/mol. The van der Waals surface area contributed by atoms with Crippen LogP contribution in [0.2, 0.25) is 10.0 Å². The number of benzene rings is 2. The highest BCUT2D eigenvalue weighted by atomic mass is 35.5. The number of hydrogen-bond acceptors (Lipinski definition) is 4. The fourth-order valence-corrected chi connectivity index (χ4v) is 4.86. The minimum absolute atomic E-state index is 0.0496. The molecule has 11 heteroatoms. The Morgan fingerprint density at radius 1 is 1.00 bits per heavy atom. The lowest BCUT2D eigenvalue weighted by atomic mass is 10.1. The van der Waals surface area contributed by atoms with Crippen LogP contribution in [0.4, 0.5) is 5.69 Å². The standard InChI is InChI=1S/C25H34Cl2N4O4S/c1-6-23(25(33)28-15-18(2)3)30(16-19-12-13-21(26)22(27)14-19)24(32)17-31(36(34,35)29(4)5)20-10-8-7-9-11-20/h7-14,18,23H,6,15-17H2,1-5H3,(H,28,33)/t23-/m1/s1. The summed E-state index contributed by atoms with van der Waals surface area (Å²) in [6, 6.07) is 12.5. The van der Waals surface area contributed by atoms with E-state index in [0.29, 0.717) is 34.3 Å². The lowest BCUT2D eigenvalue weighted by Crippen LogP contribution is -2.53. The molecule has 0 aliphatic heterocycles. The number of carbonyl (C=O) groups is 2. The van der Waals surface area contributed by atoms with E-state index in [2.05, 4.69) is 5.32 Å². The van der Waals surface area contributed by atoms with E-state index in [4.69, 9.17) is 23.2 Å². The molecular weight excluding hydrogens is 523 g/mol. The van der Waals surface area contributed by atoms with Crippen molar-refractivity contribution in [2.24, 2.45) is 5.92 Å². The summed E-state index contributed by atoms with van der Waals surface area (Å²) in [5, 5.41) is 3.58. The van der Waals surface area contributed by atoms with Gasteiger partial charge in [-0.05, 0) is 42.2 Å². The largest absolute Gasteiger partial charge is 0.354 e. The van der Waals surface area contributed by atoms with Crippen LogP contribution in [0.1, 0.15) is 32.8 Å². The molecule has 2 rings (SSSR count). The van der Waals surface area contributed by atoms with Crippen molar-refractivity contribution >= 4 is 50.9 Å². The van der Waals surface area contributed by atoms with Crippen molar-refractivity contribution in [1.82, 2.24) is 14.5 Å². The van der Waals surface area contributed by atoms with Crippen LogP contribution >= 0.6 is 23.2 Å². The van der Waals surface area contributed by atoms with Crippen LogP contribution < -0.4 is 9.62 Å². The van der Waals surface area contributed by atoms with Crippen molar-refractivity contribution in [3.63, 3.8) is 0 Å². The molecule has 0 saturated heterocycles. The monoisotopic (exact) mass is 556 g/mol. The summed E-state index contributed by atoms with van der Waals surface area (Å²) in [5.41, 5.74) is 1.00. The minimum atomic E-state index is -4.00. The Morgan fingerprint density at radius 2 is 1.64 bits per heavy atom. The Morgan fingerprint density at radius 3 is 2.17 bits per heavy atom. The van der Waals surface area contributed by atoms with Crippen molar-refractivity contribution < 1.29 is 18.0 Å². The van der Waals surface area contributed by atoms with E-state index in [1.807, 2.05) is 13.8 Å². The fraction of sp³-hybridized carbons (Fsp3) is 0.440. The van der Waals surface area contributed by atoms with Gasteiger partial charge in [-0.2, -0.15) is 12.7 Å². The third-order valence-electron chi connectivity index (χ3n) is 5.47. The molecule has 0 aliphatic carbocycles. The first-order valence-electron chi connectivity index (χ1n) is 11.6. The zero-order valence-electron chi connectivity index (χ0n) is 21.2. The fourth-order valence-electron chi connectivity index (χ4n) is 3.49. The molecule has 0 radical (unpaired) electrons. The highest BCUT2D eigenvalue weighted by Gasteiger charge is 2.33. The Labute approximate surface area is 224 Å². The van der Waals surface area contributed by atoms with E-state index in [1.54, 1.807) is 55.5 Å². The summed E-state index contributed by atoms with van der Waals surface area (Å²) < 4.78 is 28.4. The van der Waals surface area contributed by atoms with Crippen molar-refractivity contribution in [3.05, 3.63) is 64.1 Å². The first-order valence-corrected chi connectivity index (χ1v) is 13.8. The molecule has 36 heavy (non-hydrogen) atoms. The van der Waals surface area contributed by atoms with Crippen LogP contribution in [0.15, 0.2) is 48.5 Å². The Balaban J connectivity index is 2.48. The number of nitrogens with zero attached hydrogens (tertiary/aromatic N) is 3. The van der Waals surface area contributed by atoms with Crippen LogP contribution in [-0.2, 0) is 26.3 Å². The maximum atomic E-state index is 13.8. The van der Waals surface area contributed by atoms with Crippen LogP contribution in [0.3, 0.4) is 0 Å². The number of para-hydroxylation sites is 1. The molecule has 198 valence electrons. The number of carbonyl (C=O) groups excluding carboxylic acids is 2. The predicted molar refractivity (Wildman–Crippen MR) is 145 cm³/mol. The van der Waals surface area contributed by atoms with Gasteiger partial charge in [-0.25, -0.2) is 4.31 Å². The van der Waals surface area contributed by atoms with E-state index >= 15 is 0 Å². The van der Waals surface area contributed by atoms with Gasteiger partial charge in [0.1, 0.15) is 12.6 Å². The Hall–Kier alpha value is -2.33. The first kappa shape index (κ1) is 29.9. The molecule has 0 spiro atoms. The second-order valence-electron chi connectivity index (χ2n) is 8.97. The molecular formula is C25H34Cl2N4O4S. The normalized spacial score (nSPS) is 12.5. The summed E-state index contributed by atoms with van der Waals surface area (Å²) >= 11 is 12.2. The van der Waals surface area contributed by atoms with E-state index in [1.165, 1.54) is 19.0 Å². The van der Waals surface area contributed by atoms with Crippen molar-refractivity contribution in [2.45, 2.75) is 39.8 Å². The third kappa shape index (κ3) is 7.83. The average Bonchev–Trinajstić information content (AvgIpc) is 2.83. The Kier molecular flexibility index (Phi) is 11.0. The minimum Gasteiger partial charge on any atom is -0.354 e. The molecule has 0 saturated carbocycles. The number of anilines is 1. The van der Waals surface area contributed by atoms with Crippen molar-refractivity contribution in [3.8, 4) is 0 Å². The molecule has 0 bridgehead atoms. The predicted octanol–water partition coefficient (Wildman–Crippen LogP) is 4.19. The lowest BCUT2D eigenvalue weighted by molar-refractivity contribution is -0.140. The van der Waals surface area contributed by atoms with E-state index in [-0.39, 0.29) is 18.4 Å². The van der Waals surface area contributed by atoms with E-state index in [9.17, 15) is 18.0 Å². The van der Waals surface area contributed by atoms with Gasteiger partial charge in [0.15, 0.2) is 0 Å². The molecule has 2 amide bonds. The first-order chi connectivity index (χ1) is 16.9. The van der Waals surface area contributed by atoms with Crippen molar-refractivity contribution in [1.29, 1.82) is 0 Å². The van der Waals surface area contributed by atoms with E-state index in [0.717, 1.165) is 8.61 Å². The van der Waals surface area contributed by atoms with Crippen LogP contribution in [0, 0.1) is 5.92 Å². The van der Waals surface area contributed by atoms with Gasteiger partial charge in [-0.15, -0.1) is 0 Å². The van der Waals surface area contributed by atoms with Crippen LogP contribution in [0.5, 0.6) is 0 Å². The summed E-state index contributed by atoms with van der Waals surface area (Å²) in [4.78, 5) is 28.3. The molecule has 2 aromatic rings. The highest BCUT2D eigenvalue weighted by molar-refractivity contribution is 7.90.